The van der Waals surface area contributed by atoms with Crippen molar-refractivity contribution in [3.63, 3.8) is 0 Å². The number of thiophene rings is 1. The molecule has 3 heterocycles. The molecule has 22 heavy (non-hydrogen) atoms. The minimum absolute atomic E-state index is 0.0412. The average molecular weight is 321 g/mol. The van der Waals surface area contributed by atoms with Gasteiger partial charge in [-0.05, 0) is 43.0 Å². The lowest BCUT2D eigenvalue weighted by atomic mass is 9.88. The first-order chi connectivity index (χ1) is 10.7. The first-order valence-corrected chi connectivity index (χ1v) is 9.20. The van der Waals surface area contributed by atoms with Crippen LogP contribution in [0.3, 0.4) is 0 Å². The number of hydrogen-bond donors (Lipinski definition) is 0. The van der Waals surface area contributed by atoms with Gasteiger partial charge in [-0.1, -0.05) is 6.07 Å². The standard InChI is InChI=1S/C17H23NO3S/c19-16(15-2-1-9-22-15)18-7-5-17(6-8-18)10-14(12-21-17)20-11-13-3-4-13/h1-2,9,13-14H,3-8,10-12H2/t14-/m1/s1. The Morgan fingerprint density at radius 3 is 2.91 bits per heavy atom. The fourth-order valence-electron chi connectivity index (χ4n) is 3.49. The van der Waals surface area contributed by atoms with Gasteiger partial charge in [-0.25, -0.2) is 0 Å². The summed E-state index contributed by atoms with van der Waals surface area (Å²) < 4.78 is 12.1. The second kappa shape index (κ2) is 5.95. The van der Waals surface area contributed by atoms with Crippen LogP contribution in [0.2, 0.25) is 0 Å². The van der Waals surface area contributed by atoms with Crippen molar-refractivity contribution in [2.45, 2.75) is 43.8 Å². The van der Waals surface area contributed by atoms with Crippen molar-refractivity contribution in [1.82, 2.24) is 4.90 Å². The molecule has 1 aromatic heterocycles. The van der Waals surface area contributed by atoms with Gasteiger partial charge in [-0.3, -0.25) is 4.79 Å². The molecule has 0 radical (unpaired) electrons. The van der Waals surface area contributed by atoms with E-state index in [0.29, 0.717) is 0 Å². The summed E-state index contributed by atoms with van der Waals surface area (Å²) >= 11 is 1.52. The molecule has 1 saturated carbocycles. The SMILES string of the molecule is O=C(c1cccs1)N1CCC2(CC1)C[C@@H](OCC1CC1)CO2. The zero-order chi connectivity index (χ0) is 15.0. The summed E-state index contributed by atoms with van der Waals surface area (Å²) in [6.45, 7) is 3.23. The summed E-state index contributed by atoms with van der Waals surface area (Å²) in [6, 6.07) is 3.84. The third-order valence-corrected chi connectivity index (χ3v) is 5.99. The van der Waals surface area contributed by atoms with Crippen molar-refractivity contribution in [1.29, 1.82) is 0 Å². The van der Waals surface area contributed by atoms with Gasteiger partial charge in [-0.15, -0.1) is 11.3 Å². The van der Waals surface area contributed by atoms with E-state index in [1.54, 1.807) is 0 Å². The summed E-state index contributed by atoms with van der Waals surface area (Å²) in [5, 5.41) is 1.96. The molecular weight excluding hydrogens is 298 g/mol. The lowest BCUT2D eigenvalue weighted by molar-refractivity contribution is -0.0409. The van der Waals surface area contributed by atoms with Crippen molar-refractivity contribution >= 4 is 17.2 Å². The molecule has 3 fully saturated rings. The molecule has 0 aromatic carbocycles. The Hall–Kier alpha value is -0.910. The Bertz CT molecular complexity index is 518. The highest BCUT2D eigenvalue weighted by Gasteiger charge is 2.44. The second-order valence-electron chi connectivity index (χ2n) is 6.87. The number of rotatable bonds is 4. The van der Waals surface area contributed by atoms with E-state index in [4.69, 9.17) is 9.47 Å². The van der Waals surface area contributed by atoms with Gasteiger partial charge in [0.25, 0.3) is 5.91 Å². The highest BCUT2D eigenvalue weighted by atomic mass is 32.1. The number of piperidine rings is 1. The predicted octanol–water partition coefficient (Wildman–Crippen LogP) is 2.94. The molecule has 4 rings (SSSR count). The summed E-state index contributed by atoms with van der Waals surface area (Å²) in [6.07, 6.45) is 5.80. The molecule has 4 nitrogen and oxygen atoms in total. The molecule has 1 atom stereocenters. The maximum absolute atomic E-state index is 12.4. The Balaban J connectivity index is 1.29. The molecule has 0 unspecified atom stereocenters. The van der Waals surface area contributed by atoms with Crippen LogP contribution >= 0.6 is 11.3 Å². The number of carbonyl (C=O) groups excluding carboxylic acids is 1. The fraction of sp³-hybridized carbons (Fsp3) is 0.706. The van der Waals surface area contributed by atoms with Gasteiger partial charge in [0.15, 0.2) is 0 Å². The molecule has 5 heteroatoms. The minimum Gasteiger partial charge on any atom is -0.375 e. The highest BCUT2D eigenvalue weighted by Crippen LogP contribution is 2.38. The maximum Gasteiger partial charge on any atom is 0.263 e. The van der Waals surface area contributed by atoms with Gasteiger partial charge in [0.2, 0.25) is 0 Å². The van der Waals surface area contributed by atoms with Crippen molar-refractivity contribution < 1.29 is 14.3 Å². The molecule has 1 amide bonds. The molecule has 2 aliphatic heterocycles. The number of likely N-dealkylation sites (tertiary alicyclic amines) is 1. The molecular formula is C17H23NO3S. The lowest BCUT2D eigenvalue weighted by Gasteiger charge is -2.38. The Labute approximate surface area is 135 Å². The first-order valence-electron chi connectivity index (χ1n) is 8.32. The van der Waals surface area contributed by atoms with Crippen LogP contribution in [0.25, 0.3) is 0 Å². The summed E-state index contributed by atoms with van der Waals surface area (Å²) in [7, 11) is 0. The minimum atomic E-state index is -0.0412. The monoisotopic (exact) mass is 321 g/mol. The van der Waals surface area contributed by atoms with Crippen molar-refractivity contribution in [3.05, 3.63) is 22.4 Å². The highest BCUT2D eigenvalue weighted by molar-refractivity contribution is 7.12. The molecule has 1 aromatic rings. The average Bonchev–Trinajstić information content (AvgIpc) is 3.06. The second-order valence-corrected chi connectivity index (χ2v) is 7.81. The van der Waals surface area contributed by atoms with E-state index in [-0.39, 0.29) is 17.6 Å². The number of carbonyl (C=O) groups is 1. The lowest BCUT2D eigenvalue weighted by Crippen LogP contribution is -2.46. The van der Waals surface area contributed by atoms with Gasteiger partial charge in [0, 0.05) is 26.1 Å². The van der Waals surface area contributed by atoms with Gasteiger partial charge < -0.3 is 14.4 Å². The van der Waals surface area contributed by atoms with Crippen LogP contribution in [0.5, 0.6) is 0 Å². The molecule has 3 aliphatic rings. The van der Waals surface area contributed by atoms with E-state index in [2.05, 4.69) is 0 Å². The van der Waals surface area contributed by atoms with Crippen LogP contribution in [0.4, 0.5) is 0 Å². The fourth-order valence-corrected chi connectivity index (χ4v) is 4.18. The summed E-state index contributed by atoms with van der Waals surface area (Å²) in [5.74, 6) is 0.978. The zero-order valence-electron chi connectivity index (χ0n) is 12.8. The van der Waals surface area contributed by atoms with Crippen molar-refractivity contribution in [3.8, 4) is 0 Å². The Morgan fingerprint density at radius 1 is 1.41 bits per heavy atom. The van der Waals surface area contributed by atoms with E-state index in [9.17, 15) is 4.79 Å². The van der Waals surface area contributed by atoms with Crippen LogP contribution in [0, 0.1) is 5.92 Å². The van der Waals surface area contributed by atoms with E-state index < -0.39 is 0 Å². The maximum atomic E-state index is 12.4. The van der Waals surface area contributed by atoms with Gasteiger partial charge in [-0.2, -0.15) is 0 Å². The van der Waals surface area contributed by atoms with Crippen LogP contribution < -0.4 is 0 Å². The number of ether oxygens (including phenoxy) is 2. The number of amides is 1. The van der Waals surface area contributed by atoms with Gasteiger partial charge in [0.1, 0.15) is 0 Å². The summed E-state index contributed by atoms with van der Waals surface area (Å²) in [5.41, 5.74) is -0.0412. The third kappa shape index (κ3) is 3.07. The Kier molecular flexibility index (Phi) is 3.96. The van der Waals surface area contributed by atoms with E-state index >= 15 is 0 Å². The Morgan fingerprint density at radius 2 is 2.23 bits per heavy atom. The predicted molar refractivity (Wildman–Crippen MR) is 85.2 cm³/mol. The van der Waals surface area contributed by atoms with Gasteiger partial charge in [0.05, 0.1) is 23.2 Å². The molecule has 2 saturated heterocycles. The van der Waals surface area contributed by atoms with Gasteiger partial charge >= 0.3 is 0 Å². The van der Waals surface area contributed by atoms with Crippen LogP contribution in [0.1, 0.15) is 41.8 Å². The van der Waals surface area contributed by atoms with Crippen molar-refractivity contribution in [2.75, 3.05) is 26.3 Å². The van der Waals surface area contributed by atoms with Crippen LogP contribution in [-0.4, -0.2) is 48.8 Å². The number of hydrogen-bond acceptors (Lipinski definition) is 4. The number of nitrogens with zero attached hydrogens (tertiary/aromatic N) is 1. The molecule has 0 N–H and O–H groups in total. The summed E-state index contributed by atoms with van der Waals surface area (Å²) in [4.78, 5) is 15.2. The largest absolute Gasteiger partial charge is 0.375 e. The molecule has 0 bridgehead atoms. The third-order valence-electron chi connectivity index (χ3n) is 5.13. The van der Waals surface area contributed by atoms with Crippen LogP contribution in [-0.2, 0) is 9.47 Å². The molecule has 120 valence electrons. The van der Waals surface area contributed by atoms with Crippen molar-refractivity contribution in [2.24, 2.45) is 5.92 Å². The molecule has 1 aliphatic carbocycles. The van der Waals surface area contributed by atoms with Crippen LogP contribution in [0.15, 0.2) is 17.5 Å². The quantitative estimate of drug-likeness (QED) is 0.856. The zero-order valence-corrected chi connectivity index (χ0v) is 13.6. The topological polar surface area (TPSA) is 38.8 Å². The first kappa shape index (κ1) is 14.7. The normalized spacial score (nSPS) is 27.5. The molecule has 1 spiro atoms. The smallest absolute Gasteiger partial charge is 0.263 e. The van der Waals surface area contributed by atoms with E-state index in [1.165, 1.54) is 24.2 Å². The van der Waals surface area contributed by atoms with E-state index in [1.807, 2.05) is 22.4 Å². The van der Waals surface area contributed by atoms with E-state index in [0.717, 1.165) is 56.4 Å².